The monoisotopic (exact) mass is 258 g/mol. The van der Waals surface area contributed by atoms with Crippen LogP contribution in [0, 0.1) is 6.92 Å². The first kappa shape index (κ1) is 7.09. The molecule has 56 valence electrons. The van der Waals surface area contributed by atoms with Crippen molar-refractivity contribution in [2.75, 3.05) is 0 Å². The molecule has 1 aromatic heterocycles. The number of hydrogen-bond donors (Lipinski definition) is 0. The fourth-order valence-electron chi connectivity index (χ4n) is 1.09. The molecule has 0 aliphatic rings. The Morgan fingerprint density at radius 3 is 3.09 bits per heavy atom. The predicted molar refractivity (Wildman–Crippen MR) is 53.9 cm³/mol. The Labute approximate surface area is 78.7 Å². The molecule has 0 aliphatic heterocycles. The number of nitrogens with zero attached hydrogens (tertiary/aromatic N) is 2. The second-order valence-electron chi connectivity index (χ2n) is 2.55. The number of aromatic nitrogens is 2. The second kappa shape index (κ2) is 2.48. The summed E-state index contributed by atoms with van der Waals surface area (Å²) >= 11 is 2.22. The van der Waals surface area contributed by atoms with Crippen LogP contribution < -0.4 is 0 Å². The van der Waals surface area contributed by atoms with E-state index in [9.17, 15) is 0 Å². The van der Waals surface area contributed by atoms with Crippen LogP contribution in [0.5, 0.6) is 0 Å². The van der Waals surface area contributed by atoms with Crippen molar-refractivity contribution < 1.29 is 0 Å². The third kappa shape index (κ3) is 1.13. The summed E-state index contributed by atoms with van der Waals surface area (Å²) in [6.07, 6.45) is 1.82. The largest absolute Gasteiger partial charge is 0.271 e. The van der Waals surface area contributed by atoms with Gasteiger partial charge >= 0.3 is 0 Å². The molecule has 0 fully saturated rings. The lowest BCUT2D eigenvalue weighted by molar-refractivity contribution is 1.31. The van der Waals surface area contributed by atoms with Crippen molar-refractivity contribution in [3.63, 3.8) is 0 Å². The van der Waals surface area contributed by atoms with Gasteiger partial charge in [-0.2, -0.15) is 0 Å². The van der Waals surface area contributed by atoms with Crippen molar-refractivity contribution in [1.29, 1.82) is 0 Å². The van der Waals surface area contributed by atoms with E-state index in [4.69, 9.17) is 0 Å². The Balaban J connectivity index is 2.87. The number of halogens is 1. The fourth-order valence-corrected chi connectivity index (χ4v) is 1.60. The van der Waals surface area contributed by atoms with Crippen LogP contribution in [0.3, 0.4) is 0 Å². The van der Waals surface area contributed by atoms with Crippen LogP contribution >= 0.6 is 22.9 Å². The predicted octanol–water partition coefficient (Wildman–Crippen LogP) is 2.54. The average Bonchev–Trinajstić information content (AvgIpc) is 2.33. The third-order valence-corrected chi connectivity index (χ3v) is 2.43. The molecule has 1 heterocycles. The van der Waals surface area contributed by atoms with Gasteiger partial charge in [-0.25, -0.2) is 4.98 Å². The summed E-state index contributed by atoms with van der Waals surface area (Å²) in [7, 11) is 0. The zero-order valence-electron chi connectivity index (χ0n) is 6.08. The Hall–Kier alpha value is -0.580. The molecule has 0 amide bonds. The van der Waals surface area contributed by atoms with Crippen molar-refractivity contribution in [3.05, 3.63) is 30.1 Å². The van der Waals surface area contributed by atoms with E-state index in [2.05, 4.69) is 46.9 Å². The lowest BCUT2D eigenvalue weighted by atomic mass is 10.2. The highest BCUT2D eigenvalue weighted by Crippen LogP contribution is 2.15. The van der Waals surface area contributed by atoms with Crippen LogP contribution in [0.2, 0.25) is 0 Å². The van der Waals surface area contributed by atoms with Gasteiger partial charge in [-0.05, 0) is 24.6 Å². The highest BCUT2D eigenvalue weighted by atomic mass is 127. The van der Waals surface area contributed by atoms with E-state index in [-0.39, 0.29) is 0 Å². The molecule has 0 unspecified atom stereocenters. The lowest BCUT2D eigenvalue weighted by Gasteiger charge is -1.92. The molecule has 11 heavy (non-hydrogen) atoms. The Bertz CT molecular complexity index is 392. The quantitative estimate of drug-likeness (QED) is 0.664. The minimum atomic E-state index is 1.06. The molecule has 1 aromatic carbocycles. The van der Waals surface area contributed by atoms with Gasteiger partial charge in [0, 0.05) is 0 Å². The Kier molecular flexibility index (Phi) is 1.60. The van der Waals surface area contributed by atoms with E-state index in [1.807, 2.05) is 15.2 Å². The van der Waals surface area contributed by atoms with Crippen molar-refractivity contribution in [3.8, 4) is 0 Å². The maximum Gasteiger partial charge on any atom is 0.105 e. The van der Waals surface area contributed by atoms with Crippen LogP contribution in [0.1, 0.15) is 5.56 Å². The van der Waals surface area contributed by atoms with Gasteiger partial charge in [0.05, 0.1) is 33.9 Å². The van der Waals surface area contributed by atoms with Crippen LogP contribution in [0.15, 0.2) is 24.5 Å². The van der Waals surface area contributed by atoms with Gasteiger partial charge in [-0.3, -0.25) is 2.78 Å². The molecule has 2 nitrogen and oxygen atoms in total. The molecular weight excluding hydrogens is 251 g/mol. The second-order valence-corrected chi connectivity index (χ2v) is 3.59. The minimum absolute atomic E-state index is 1.06. The fraction of sp³-hybridized carbons (Fsp3) is 0.125. The smallest absolute Gasteiger partial charge is 0.105 e. The van der Waals surface area contributed by atoms with E-state index < -0.39 is 0 Å². The summed E-state index contributed by atoms with van der Waals surface area (Å²) in [5, 5.41) is 0. The summed E-state index contributed by atoms with van der Waals surface area (Å²) in [4.78, 5) is 4.21. The van der Waals surface area contributed by atoms with Crippen LogP contribution in [-0.2, 0) is 0 Å². The zero-order chi connectivity index (χ0) is 7.84. The van der Waals surface area contributed by atoms with Gasteiger partial charge in [0.1, 0.15) is 6.33 Å². The Morgan fingerprint density at radius 2 is 2.27 bits per heavy atom. The average molecular weight is 258 g/mol. The van der Waals surface area contributed by atoms with Gasteiger partial charge < -0.3 is 0 Å². The van der Waals surface area contributed by atoms with Crippen LogP contribution in [0.25, 0.3) is 11.0 Å². The van der Waals surface area contributed by atoms with Crippen molar-refractivity contribution in [1.82, 2.24) is 7.76 Å². The Morgan fingerprint density at radius 1 is 1.45 bits per heavy atom. The third-order valence-electron chi connectivity index (χ3n) is 1.66. The van der Waals surface area contributed by atoms with Gasteiger partial charge in [0.25, 0.3) is 0 Å². The van der Waals surface area contributed by atoms with Crippen molar-refractivity contribution in [2.45, 2.75) is 6.92 Å². The summed E-state index contributed by atoms with van der Waals surface area (Å²) in [6, 6.07) is 6.25. The first-order chi connectivity index (χ1) is 5.27. The molecular formula is C8H7IN2. The number of fused-ring (bicyclic) bond motifs is 1. The maximum absolute atomic E-state index is 4.21. The normalized spacial score (nSPS) is 10.7. The molecule has 0 spiro atoms. The number of hydrogen-bond acceptors (Lipinski definition) is 1. The summed E-state index contributed by atoms with van der Waals surface area (Å²) in [5.41, 5.74) is 3.52. The van der Waals surface area contributed by atoms with Crippen LogP contribution in [0.4, 0.5) is 0 Å². The number of benzene rings is 1. The van der Waals surface area contributed by atoms with E-state index in [1.54, 1.807) is 0 Å². The minimum Gasteiger partial charge on any atom is -0.271 e. The molecule has 2 aromatic rings. The van der Waals surface area contributed by atoms with Crippen molar-refractivity contribution in [2.24, 2.45) is 0 Å². The number of imidazole rings is 1. The van der Waals surface area contributed by atoms with Gasteiger partial charge in [0.2, 0.25) is 0 Å². The van der Waals surface area contributed by atoms with Crippen LogP contribution in [-0.4, -0.2) is 7.76 Å². The topological polar surface area (TPSA) is 17.8 Å². The van der Waals surface area contributed by atoms with Gasteiger partial charge in [-0.15, -0.1) is 0 Å². The van der Waals surface area contributed by atoms with Gasteiger partial charge in [-0.1, -0.05) is 6.07 Å². The molecule has 0 saturated heterocycles. The molecule has 2 rings (SSSR count). The van der Waals surface area contributed by atoms with Gasteiger partial charge in [0.15, 0.2) is 0 Å². The number of rotatable bonds is 0. The molecule has 0 saturated carbocycles. The summed E-state index contributed by atoms with van der Waals surface area (Å²) in [6.45, 7) is 2.09. The summed E-state index contributed by atoms with van der Waals surface area (Å²) < 4.78 is 2.00. The summed E-state index contributed by atoms with van der Waals surface area (Å²) in [5.74, 6) is 0. The molecule has 0 atom stereocenters. The molecule has 0 bridgehead atoms. The SMILES string of the molecule is Cc1ccc2ncn(I)c2c1. The van der Waals surface area contributed by atoms with E-state index in [1.165, 1.54) is 11.1 Å². The highest BCUT2D eigenvalue weighted by Gasteiger charge is 1.98. The standard InChI is InChI=1S/C8H7IN2/c1-6-2-3-7-8(4-6)11(9)5-10-7/h2-5H,1H3. The highest BCUT2D eigenvalue weighted by molar-refractivity contribution is 14.1. The van der Waals surface area contributed by atoms with E-state index in [0.717, 1.165) is 5.52 Å². The zero-order valence-corrected chi connectivity index (χ0v) is 8.24. The van der Waals surface area contributed by atoms with E-state index in [0.29, 0.717) is 0 Å². The van der Waals surface area contributed by atoms with E-state index >= 15 is 0 Å². The lowest BCUT2D eigenvalue weighted by Crippen LogP contribution is -1.76. The van der Waals surface area contributed by atoms with Crippen molar-refractivity contribution >= 4 is 33.9 Å². The first-order valence-electron chi connectivity index (χ1n) is 3.37. The number of aryl methyl sites for hydroxylation is 1. The molecule has 0 aliphatic carbocycles. The molecule has 3 heteroatoms. The molecule has 0 N–H and O–H groups in total. The maximum atomic E-state index is 4.21. The first-order valence-corrected chi connectivity index (χ1v) is 4.34. The molecule has 0 radical (unpaired) electrons.